The molecule has 1 rings (SSSR count). The fourth-order valence-corrected chi connectivity index (χ4v) is 1.93. The molecule has 0 fully saturated rings. The summed E-state index contributed by atoms with van der Waals surface area (Å²) in [7, 11) is 0. The van der Waals surface area contributed by atoms with Crippen molar-refractivity contribution in [2.75, 3.05) is 0 Å². The topological polar surface area (TPSA) is 17.1 Å². The minimum absolute atomic E-state index is 0.0426. The lowest BCUT2D eigenvalue weighted by molar-refractivity contribution is -0.120. The second-order valence-electron chi connectivity index (χ2n) is 3.66. The van der Waals surface area contributed by atoms with Crippen LogP contribution in [0.15, 0.2) is 18.2 Å². The van der Waals surface area contributed by atoms with Gasteiger partial charge >= 0.3 is 0 Å². The number of Topliss-reactive ketones (excluding diaryl/α,β-unsaturated/α-hetero) is 1. The van der Waals surface area contributed by atoms with E-state index in [0.717, 1.165) is 12.0 Å². The van der Waals surface area contributed by atoms with Crippen molar-refractivity contribution >= 4 is 29.0 Å². The fraction of sp³-hybridized carbons (Fsp3) is 0.417. The fourth-order valence-electron chi connectivity index (χ4n) is 1.54. The molecule has 0 aliphatic rings. The average Bonchev–Trinajstić information content (AvgIpc) is 2.18. The molecule has 3 heteroatoms. The molecule has 0 aliphatic carbocycles. The van der Waals surface area contributed by atoms with Gasteiger partial charge in [0.05, 0.1) is 0 Å². The molecule has 0 aliphatic heterocycles. The van der Waals surface area contributed by atoms with E-state index in [1.54, 1.807) is 19.1 Å². The Kier molecular flexibility index (Phi) is 4.62. The smallest absolute Gasteiger partial charge is 0.133 e. The van der Waals surface area contributed by atoms with Crippen LogP contribution in [0.2, 0.25) is 10.0 Å². The Morgan fingerprint density at radius 2 is 2.07 bits per heavy atom. The van der Waals surface area contributed by atoms with Crippen LogP contribution in [-0.4, -0.2) is 5.78 Å². The lowest BCUT2D eigenvalue weighted by atomic mass is 9.94. The number of rotatable bonds is 4. The summed E-state index contributed by atoms with van der Waals surface area (Å²) in [5.74, 6) is 0.245. The molecule has 0 radical (unpaired) electrons. The average molecular weight is 245 g/mol. The first kappa shape index (κ1) is 12.5. The third-order valence-electron chi connectivity index (χ3n) is 2.54. The molecule has 0 saturated carbocycles. The van der Waals surface area contributed by atoms with Gasteiger partial charge < -0.3 is 0 Å². The maximum Gasteiger partial charge on any atom is 0.133 e. The molecule has 0 bridgehead atoms. The van der Waals surface area contributed by atoms with Gasteiger partial charge in [-0.1, -0.05) is 30.1 Å². The van der Waals surface area contributed by atoms with Gasteiger partial charge in [0.15, 0.2) is 0 Å². The third-order valence-corrected chi connectivity index (χ3v) is 3.15. The number of hydrogen-bond donors (Lipinski definition) is 0. The number of ketones is 1. The van der Waals surface area contributed by atoms with Crippen LogP contribution < -0.4 is 0 Å². The van der Waals surface area contributed by atoms with Crippen molar-refractivity contribution < 1.29 is 4.79 Å². The van der Waals surface area contributed by atoms with Gasteiger partial charge in [0.25, 0.3) is 0 Å². The molecule has 0 saturated heterocycles. The van der Waals surface area contributed by atoms with Gasteiger partial charge in [-0.3, -0.25) is 4.79 Å². The second-order valence-corrected chi connectivity index (χ2v) is 4.50. The summed E-state index contributed by atoms with van der Waals surface area (Å²) in [6.45, 7) is 3.62. The van der Waals surface area contributed by atoms with Gasteiger partial charge in [-0.2, -0.15) is 0 Å². The largest absolute Gasteiger partial charge is 0.300 e. The SMILES string of the molecule is CCC(Cc1cc(Cl)ccc1Cl)C(C)=O. The quantitative estimate of drug-likeness (QED) is 0.778. The van der Waals surface area contributed by atoms with E-state index in [-0.39, 0.29) is 11.7 Å². The van der Waals surface area contributed by atoms with Crippen LogP contribution in [-0.2, 0) is 11.2 Å². The van der Waals surface area contributed by atoms with E-state index in [4.69, 9.17) is 23.2 Å². The molecule has 0 aromatic heterocycles. The Morgan fingerprint density at radius 3 is 2.60 bits per heavy atom. The number of carbonyl (C=O) groups is 1. The van der Waals surface area contributed by atoms with Gasteiger partial charge in [-0.25, -0.2) is 0 Å². The Hall–Kier alpha value is -0.530. The predicted molar refractivity (Wildman–Crippen MR) is 64.6 cm³/mol. The Balaban J connectivity index is 2.87. The van der Waals surface area contributed by atoms with Gasteiger partial charge in [0.1, 0.15) is 5.78 Å². The Morgan fingerprint density at radius 1 is 1.40 bits per heavy atom. The van der Waals surface area contributed by atoms with E-state index >= 15 is 0 Å². The highest BCUT2D eigenvalue weighted by molar-refractivity contribution is 6.33. The molecule has 1 nitrogen and oxygen atoms in total. The molecule has 0 heterocycles. The zero-order valence-electron chi connectivity index (χ0n) is 8.89. The van der Waals surface area contributed by atoms with Crippen LogP contribution in [0.3, 0.4) is 0 Å². The number of benzene rings is 1. The maximum absolute atomic E-state index is 11.3. The maximum atomic E-state index is 11.3. The van der Waals surface area contributed by atoms with Crippen molar-refractivity contribution in [1.82, 2.24) is 0 Å². The molecule has 0 amide bonds. The molecule has 1 unspecified atom stereocenters. The summed E-state index contributed by atoms with van der Waals surface area (Å²) in [6.07, 6.45) is 1.50. The van der Waals surface area contributed by atoms with Gasteiger partial charge in [-0.05, 0) is 43.5 Å². The van der Waals surface area contributed by atoms with Crippen LogP contribution in [0.1, 0.15) is 25.8 Å². The molecule has 1 aromatic carbocycles. The molecular formula is C12H14Cl2O. The van der Waals surface area contributed by atoms with Crippen molar-refractivity contribution in [3.8, 4) is 0 Å². The molecule has 82 valence electrons. The monoisotopic (exact) mass is 244 g/mol. The van der Waals surface area contributed by atoms with Crippen LogP contribution in [0.4, 0.5) is 0 Å². The van der Waals surface area contributed by atoms with Crippen LogP contribution >= 0.6 is 23.2 Å². The van der Waals surface area contributed by atoms with Crippen molar-refractivity contribution in [2.45, 2.75) is 26.7 Å². The van der Waals surface area contributed by atoms with Gasteiger partial charge in [0.2, 0.25) is 0 Å². The lowest BCUT2D eigenvalue weighted by Gasteiger charge is -2.12. The highest BCUT2D eigenvalue weighted by Crippen LogP contribution is 2.24. The Labute approximate surface area is 100 Å². The zero-order valence-corrected chi connectivity index (χ0v) is 10.4. The van der Waals surface area contributed by atoms with E-state index in [2.05, 4.69) is 0 Å². The van der Waals surface area contributed by atoms with Crippen molar-refractivity contribution in [3.05, 3.63) is 33.8 Å². The van der Waals surface area contributed by atoms with Gasteiger partial charge in [0, 0.05) is 16.0 Å². The van der Waals surface area contributed by atoms with Crippen molar-refractivity contribution in [3.63, 3.8) is 0 Å². The third kappa shape index (κ3) is 3.51. The highest BCUT2D eigenvalue weighted by atomic mass is 35.5. The number of halogens is 2. The summed E-state index contributed by atoms with van der Waals surface area (Å²) in [5, 5.41) is 1.34. The predicted octanol–water partition coefficient (Wildman–Crippen LogP) is 4.15. The van der Waals surface area contributed by atoms with Gasteiger partial charge in [-0.15, -0.1) is 0 Å². The molecule has 15 heavy (non-hydrogen) atoms. The molecular weight excluding hydrogens is 231 g/mol. The van der Waals surface area contributed by atoms with Crippen LogP contribution in [0, 0.1) is 5.92 Å². The Bertz CT molecular complexity index is 361. The van der Waals surface area contributed by atoms with Crippen LogP contribution in [0.5, 0.6) is 0 Å². The first-order valence-corrected chi connectivity index (χ1v) is 5.74. The molecule has 1 atom stereocenters. The molecule has 1 aromatic rings. The summed E-state index contributed by atoms with van der Waals surface area (Å²) >= 11 is 11.9. The van der Waals surface area contributed by atoms with E-state index in [9.17, 15) is 4.79 Å². The first-order valence-electron chi connectivity index (χ1n) is 4.99. The van der Waals surface area contributed by atoms with Crippen LogP contribution in [0.25, 0.3) is 0 Å². The summed E-state index contributed by atoms with van der Waals surface area (Å²) < 4.78 is 0. The highest BCUT2D eigenvalue weighted by Gasteiger charge is 2.14. The van der Waals surface area contributed by atoms with E-state index in [1.165, 1.54) is 0 Å². The summed E-state index contributed by atoms with van der Waals surface area (Å²) in [4.78, 5) is 11.3. The number of hydrogen-bond acceptors (Lipinski definition) is 1. The normalized spacial score (nSPS) is 12.5. The van der Waals surface area contributed by atoms with E-state index in [0.29, 0.717) is 16.5 Å². The van der Waals surface area contributed by atoms with Crippen molar-refractivity contribution in [2.24, 2.45) is 5.92 Å². The standard InChI is InChI=1S/C12H14Cl2O/c1-3-9(8(2)15)6-10-7-11(13)4-5-12(10)14/h4-5,7,9H,3,6H2,1-2H3. The molecule has 0 N–H and O–H groups in total. The second kappa shape index (κ2) is 5.53. The molecule has 0 spiro atoms. The van der Waals surface area contributed by atoms with E-state index in [1.807, 2.05) is 13.0 Å². The summed E-state index contributed by atoms with van der Waals surface area (Å²) in [6, 6.07) is 5.35. The number of carbonyl (C=O) groups excluding carboxylic acids is 1. The lowest BCUT2D eigenvalue weighted by Crippen LogP contribution is -2.13. The zero-order chi connectivity index (χ0) is 11.4. The minimum Gasteiger partial charge on any atom is -0.300 e. The van der Waals surface area contributed by atoms with Crippen molar-refractivity contribution in [1.29, 1.82) is 0 Å². The minimum atomic E-state index is 0.0426. The van der Waals surface area contributed by atoms with E-state index < -0.39 is 0 Å². The summed E-state index contributed by atoms with van der Waals surface area (Å²) in [5.41, 5.74) is 0.950. The first-order chi connectivity index (χ1) is 7.04.